The van der Waals surface area contributed by atoms with E-state index in [0.29, 0.717) is 21.2 Å². The number of nitrogens with zero attached hydrogens (tertiary/aromatic N) is 2. The molecular formula is C27H29Cl2N3O4S. The second-order valence-corrected chi connectivity index (χ2v) is 11.4. The van der Waals surface area contributed by atoms with Gasteiger partial charge in [-0.2, -0.15) is 0 Å². The van der Waals surface area contributed by atoms with Crippen LogP contribution < -0.4 is 9.62 Å². The van der Waals surface area contributed by atoms with Crippen LogP contribution in [0.1, 0.15) is 23.6 Å². The van der Waals surface area contributed by atoms with Crippen LogP contribution in [0.4, 0.5) is 5.69 Å². The zero-order valence-electron chi connectivity index (χ0n) is 21.0. The fourth-order valence-electron chi connectivity index (χ4n) is 3.84. The largest absolute Gasteiger partial charge is 0.357 e. The molecule has 0 saturated carbocycles. The Morgan fingerprint density at radius 2 is 1.62 bits per heavy atom. The Balaban J connectivity index is 2.08. The average molecular weight is 563 g/mol. The van der Waals surface area contributed by atoms with Crippen LogP contribution in [0.25, 0.3) is 0 Å². The molecule has 0 aromatic heterocycles. The van der Waals surface area contributed by atoms with Crippen LogP contribution in [0, 0.1) is 13.8 Å². The van der Waals surface area contributed by atoms with Crippen molar-refractivity contribution in [3.05, 3.63) is 93.5 Å². The molecule has 196 valence electrons. The molecule has 2 amide bonds. The Morgan fingerprint density at radius 3 is 2.24 bits per heavy atom. The van der Waals surface area contributed by atoms with Gasteiger partial charge in [0.2, 0.25) is 11.8 Å². The van der Waals surface area contributed by atoms with Crippen LogP contribution >= 0.6 is 23.2 Å². The van der Waals surface area contributed by atoms with Gasteiger partial charge in [0.05, 0.1) is 10.6 Å². The predicted octanol–water partition coefficient (Wildman–Crippen LogP) is 4.97. The van der Waals surface area contributed by atoms with Gasteiger partial charge in [-0.1, -0.05) is 59.1 Å². The molecule has 37 heavy (non-hydrogen) atoms. The lowest BCUT2D eigenvalue weighted by molar-refractivity contribution is -0.139. The zero-order valence-corrected chi connectivity index (χ0v) is 23.4. The number of nitrogens with one attached hydrogen (secondary N) is 1. The maximum absolute atomic E-state index is 13.8. The molecule has 0 aliphatic heterocycles. The van der Waals surface area contributed by atoms with E-state index in [1.165, 1.54) is 24.1 Å². The molecule has 0 bridgehead atoms. The molecule has 3 aromatic carbocycles. The van der Waals surface area contributed by atoms with Crippen molar-refractivity contribution >= 4 is 50.7 Å². The molecule has 1 atom stereocenters. The van der Waals surface area contributed by atoms with Gasteiger partial charge < -0.3 is 10.2 Å². The molecule has 0 spiro atoms. The molecule has 1 N–H and O–H groups in total. The van der Waals surface area contributed by atoms with Crippen LogP contribution in [0.5, 0.6) is 0 Å². The van der Waals surface area contributed by atoms with E-state index in [4.69, 9.17) is 23.2 Å². The molecule has 0 aliphatic carbocycles. The number of carbonyl (C=O) groups is 2. The number of rotatable bonds is 9. The number of sulfonamides is 1. The van der Waals surface area contributed by atoms with E-state index < -0.39 is 28.5 Å². The Bertz CT molecular complexity index is 1400. The summed E-state index contributed by atoms with van der Waals surface area (Å²) in [6.45, 7) is 4.65. The first-order valence-electron chi connectivity index (χ1n) is 11.6. The second kappa shape index (κ2) is 12.0. The molecule has 0 aliphatic rings. The molecular weight excluding hydrogens is 533 g/mol. The number of benzene rings is 3. The summed E-state index contributed by atoms with van der Waals surface area (Å²) in [5, 5.41) is 3.40. The lowest BCUT2D eigenvalue weighted by atomic mass is 10.1. The van der Waals surface area contributed by atoms with Crippen molar-refractivity contribution in [2.45, 2.75) is 38.3 Å². The highest BCUT2D eigenvalue weighted by molar-refractivity contribution is 7.92. The molecule has 0 heterocycles. The van der Waals surface area contributed by atoms with Crippen molar-refractivity contribution in [2.24, 2.45) is 0 Å². The number of amides is 2. The van der Waals surface area contributed by atoms with Crippen molar-refractivity contribution in [3.63, 3.8) is 0 Å². The van der Waals surface area contributed by atoms with Crippen LogP contribution in [0.3, 0.4) is 0 Å². The quantitative estimate of drug-likeness (QED) is 0.399. The van der Waals surface area contributed by atoms with Crippen molar-refractivity contribution < 1.29 is 18.0 Å². The van der Waals surface area contributed by atoms with Gasteiger partial charge in [0.1, 0.15) is 12.6 Å². The van der Waals surface area contributed by atoms with Crippen molar-refractivity contribution in [2.75, 3.05) is 17.9 Å². The van der Waals surface area contributed by atoms with Crippen LogP contribution in [-0.2, 0) is 26.2 Å². The Kier molecular flexibility index (Phi) is 9.23. The third-order valence-corrected chi connectivity index (χ3v) is 8.47. The molecule has 0 unspecified atom stereocenters. The minimum Gasteiger partial charge on any atom is -0.357 e. The summed E-state index contributed by atoms with van der Waals surface area (Å²) in [4.78, 5) is 27.7. The lowest BCUT2D eigenvalue weighted by Crippen LogP contribution is -2.50. The third-order valence-electron chi connectivity index (χ3n) is 6.05. The Labute approximate surface area is 228 Å². The summed E-state index contributed by atoms with van der Waals surface area (Å²) >= 11 is 12.5. The number of hydrogen-bond donors (Lipinski definition) is 1. The number of aryl methyl sites for hydroxylation is 1. The van der Waals surface area contributed by atoms with Crippen LogP contribution in [0.15, 0.2) is 71.6 Å². The summed E-state index contributed by atoms with van der Waals surface area (Å²) in [6.07, 6.45) is 0. The molecule has 10 heteroatoms. The maximum Gasteiger partial charge on any atom is 0.264 e. The van der Waals surface area contributed by atoms with Gasteiger partial charge in [-0.05, 0) is 68.3 Å². The van der Waals surface area contributed by atoms with Gasteiger partial charge in [0.25, 0.3) is 10.0 Å². The second-order valence-electron chi connectivity index (χ2n) is 8.65. The maximum atomic E-state index is 13.8. The molecule has 3 rings (SSSR count). The first-order chi connectivity index (χ1) is 17.4. The molecule has 3 aromatic rings. The minimum atomic E-state index is -4.16. The molecule has 7 nitrogen and oxygen atoms in total. The van der Waals surface area contributed by atoms with Crippen molar-refractivity contribution in [1.29, 1.82) is 0 Å². The summed E-state index contributed by atoms with van der Waals surface area (Å²) < 4.78 is 28.7. The van der Waals surface area contributed by atoms with Gasteiger partial charge in [-0.3, -0.25) is 13.9 Å². The monoisotopic (exact) mass is 561 g/mol. The first-order valence-corrected chi connectivity index (χ1v) is 13.7. The highest BCUT2D eigenvalue weighted by atomic mass is 35.5. The molecule has 0 fully saturated rings. The topological polar surface area (TPSA) is 86.8 Å². The van der Waals surface area contributed by atoms with Gasteiger partial charge >= 0.3 is 0 Å². The fourth-order valence-corrected chi connectivity index (χ4v) is 5.69. The van der Waals surface area contributed by atoms with Crippen molar-refractivity contribution in [3.8, 4) is 0 Å². The van der Waals surface area contributed by atoms with E-state index in [0.717, 1.165) is 9.87 Å². The Morgan fingerprint density at radius 1 is 0.973 bits per heavy atom. The average Bonchev–Trinajstić information content (AvgIpc) is 2.87. The number of carbonyl (C=O) groups excluding carboxylic acids is 2. The van der Waals surface area contributed by atoms with E-state index in [1.54, 1.807) is 68.4 Å². The lowest BCUT2D eigenvalue weighted by Gasteiger charge is -2.32. The highest BCUT2D eigenvalue weighted by Gasteiger charge is 2.33. The number of hydrogen-bond acceptors (Lipinski definition) is 4. The van der Waals surface area contributed by atoms with Crippen molar-refractivity contribution in [1.82, 2.24) is 10.2 Å². The van der Waals surface area contributed by atoms with Gasteiger partial charge in [0, 0.05) is 23.6 Å². The van der Waals surface area contributed by atoms with Gasteiger partial charge in [-0.25, -0.2) is 8.42 Å². The van der Waals surface area contributed by atoms with Crippen LogP contribution in [-0.4, -0.2) is 44.8 Å². The number of likely N-dealkylation sites (N-methyl/N-ethyl adjacent to an activating group) is 1. The number of halogens is 2. The standard InChI is InChI=1S/C27H29Cl2N3O4S/c1-18-11-13-23(14-12-18)37(35,36)32(25-10-6-9-24(29)19(25)2)17-26(33)31(20(3)27(34)30-4)16-21-7-5-8-22(28)15-21/h5-15,20H,16-17H2,1-4H3,(H,30,34)/t20-/m1/s1. The highest BCUT2D eigenvalue weighted by Crippen LogP contribution is 2.31. The molecule has 0 radical (unpaired) electrons. The summed E-state index contributed by atoms with van der Waals surface area (Å²) in [7, 11) is -2.69. The first kappa shape index (κ1) is 28.5. The minimum absolute atomic E-state index is 0.0333. The SMILES string of the molecule is CNC(=O)[C@@H](C)N(Cc1cccc(Cl)c1)C(=O)CN(c1cccc(Cl)c1C)S(=O)(=O)c1ccc(C)cc1. The van der Waals surface area contributed by atoms with E-state index >= 15 is 0 Å². The van der Waals surface area contributed by atoms with Gasteiger partial charge in [-0.15, -0.1) is 0 Å². The number of anilines is 1. The Hall–Kier alpha value is -3.07. The zero-order chi connectivity index (χ0) is 27.3. The summed E-state index contributed by atoms with van der Waals surface area (Å²) in [5.41, 5.74) is 2.38. The van der Waals surface area contributed by atoms with Gasteiger partial charge in [0.15, 0.2) is 0 Å². The predicted molar refractivity (Wildman–Crippen MR) is 147 cm³/mol. The smallest absolute Gasteiger partial charge is 0.264 e. The fraction of sp³-hybridized carbons (Fsp3) is 0.259. The van der Waals surface area contributed by atoms with E-state index in [1.807, 2.05) is 6.92 Å². The van der Waals surface area contributed by atoms with E-state index in [2.05, 4.69) is 5.32 Å². The van der Waals surface area contributed by atoms with E-state index in [9.17, 15) is 18.0 Å². The molecule has 0 saturated heterocycles. The normalized spacial score (nSPS) is 12.1. The summed E-state index contributed by atoms with van der Waals surface area (Å²) in [5.74, 6) is -0.951. The summed E-state index contributed by atoms with van der Waals surface area (Å²) in [6, 6.07) is 17.3. The third kappa shape index (κ3) is 6.63. The van der Waals surface area contributed by atoms with E-state index in [-0.39, 0.29) is 23.0 Å². The van der Waals surface area contributed by atoms with Crippen LogP contribution in [0.2, 0.25) is 10.0 Å².